The van der Waals surface area contributed by atoms with E-state index < -0.39 is 0 Å². The summed E-state index contributed by atoms with van der Waals surface area (Å²) in [5.74, 6) is -0.377. The Balaban J connectivity index is 2.12. The topological polar surface area (TPSA) is 35.8 Å². The monoisotopic (exact) mass is 294 g/mol. The lowest BCUT2D eigenvalue weighted by atomic mass is 9.75. The maximum atomic E-state index is 13.7. The summed E-state index contributed by atoms with van der Waals surface area (Å²) in [7, 11) is 0. The molecule has 22 heavy (non-hydrogen) atoms. The van der Waals surface area contributed by atoms with Gasteiger partial charge in [-0.25, -0.2) is 4.39 Å². The maximum Gasteiger partial charge on any atom is 0.125 e. The minimum atomic E-state index is -0.377. The fourth-order valence-corrected chi connectivity index (χ4v) is 3.42. The second-order valence-corrected chi connectivity index (χ2v) is 6.73. The first-order chi connectivity index (χ1) is 10.4. The summed E-state index contributed by atoms with van der Waals surface area (Å²) < 4.78 is 13.7. The molecule has 2 nitrogen and oxygen atoms in total. The van der Waals surface area contributed by atoms with E-state index in [1.165, 1.54) is 17.7 Å². The molecule has 1 aliphatic rings. The van der Waals surface area contributed by atoms with Gasteiger partial charge >= 0.3 is 0 Å². The third kappa shape index (κ3) is 2.57. The number of anilines is 1. The van der Waals surface area contributed by atoms with Crippen LogP contribution in [-0.4, -0.2) is 6.04 Å². The van der Waals surface area contributed by atoms with E-state index >= 15 is 0 Å². The van der Waals surface area contributed by atoms with E-state index in [1.54, 1.807) is 6.07 Å². The van der Waals surface area contributed by atoms with Crippen molar-refractivity contribution in [3.05, 3.63) is 53.3 Å². The molecule has 3 heteroatoms. The average molecular weight is 294 g/mol. The van der Waals surface area contributed by atoms with Gasteiger partial charge in [-0.1, -0.05) is 19.9 Å². The van der Waals surface area contributed by atoms with E-state index in [0.717, 1.165) is 23.2 Å². The fraction of sp³-hybridized carbons (Fsp3) is 0.316. The van der Waals surface area contributed by atoms with Crippen LogP contribution in [0.1, 0.15) is 38.3 Å². The highest BCUT2D eigenvalue weighted by Gasteiger charge is 2.31. The van der Waals surface area contributed by atoms with Crippen molar-refractivity contribution in [2.24, 2.45) is 0 Å². The highest BCUT2D eigenvalue weighted by molar-refractivity contribution is 5.71. The van der Waals surface area contributed by atoms with Crippen LogP contribution in [0.15, 0.2) is 36.4 Å². The van der Waals surface area contributed by atoms with E-state index in [2.05, 4.69) is 38.2 Å². The molecular weight excluding hydrogens is 275 g/mol. The Morgan fingerprint density at radius 3 is 2.68 bits per heavy atom. The molecule has 1 unspecified atom stereocenters. The van der Waals surface area contributed by atoms with Crippen molar-refractivity contribution in [3.8, 4) is 17.2 Å². The van der Waals surface area contributed by atoms with Gasteiger partial charge in [0, 0.05) is 11.7 Å². The minimum Gasteiger partial charge on any atom is -0.382 e. The number of nitrogens with zero attached hydrogens (tertiary/aromatic N) is 1. The molecule has 0 aromatic heterocycles. The largest absolute Gasteiger partial charge is 0.382 e. The van der Waals surface area contributed by atoms with E-state index in [1.807, 2.05) is 12.1 Å². The molecule has 0 radical (unpaired) electrons. The summed E-state index contributed by atoms with van der Waals surface area (Å²) in [5.41, 5.74) is 4.49. The van der Waals surface area contributed by atoms with E-state index in [-0.39, 0.29) is 11.2 Å². The zero-order chi connectivity index (χ0) is 15.9. The Morgan fingerprint density at radius 2 is 1.95 bits per heavy atom. The van der Waals surface area contributed by atoms with Gasteiger partial charge in [0.1, 0.15) is 5.82 Å². The molecule has 0 saturated carbocycles. The van der Waals surface area contributed by atoms with Crippen LogP contribution in [0.4, 0.5) is 10.1 Å². The molecule has 0 spiro atoms. The van der Waals surface area contributed by atoms with Crippen LogP contribution in [0.2, 0.25) is 0 Å². The number of hydrogen-bond donors (Lipinski definition) is 1. The van der Waals surface area contributed by atoms with Gasteiger partial charge in [0.25, 0.3) is 0 Å². The average Bonchev–Trinajstić information content (AvgIpc) is 2.45. The Bertz CT molecular complexity index is 771. The molecule has 112 valence electrons. The summed E-state index contributed by atoms with van der Waals surface area (Å²) in [6.07, 6.45) is 1.05. The highest BCUT2D eigenvalue weighted by Crippen LogP contribution is 2.41. The molecule has 2 aromatic rings. The number of benzene rings is 2. The van der Waals surface area contributed by atoms with Gasteiger partial charge in [0.2, 0.25) is 0 Å². The zero-order valence-electron chi connectivity index (χ0n) is 13.1. The third-order valence-electron chi connectivity index (χ3n) is 4.33. The summed E-state index contributed by atoms with van der Waals surface area (Å²) in [6, 6.07) is 13.1. The number of fused-ring (bicyclic) bond motifs is 1. The lowest BCUT2D eigenvalue weighted by molar-refractivity contribution is 0.434. The molecule has 1 atom stereocenters. The quantitative estimate of drug-likeness (QED) is 0.816. The molecule has 0 amide bonds. The number of nitriles is 1. The van der Waals surface area contributed by atoms with Gasteiger partial charge < -0.3 is 5.32 Å². The molecule has 0 saturated heterocycles. The fourth-order valence-electron chi connectivity index (χ4n) is 3.42. The second kappa shape index (κ2) is 5.14. The Morgan fingerprint density at radius 1 is 1.18 bits per heavy atom. The third-order valence-corrected chi connectivity index (χ3v) is 4.33. The Labute approximate surface area is 130 Å². The molecule has 2 aromatic carbocycles. The number of halogens is 1. The smallest absolute Gasteiger partial charge is 0.125 e. The highest BCUT2D eigenvalue weighted by atomic mass is 19.1. The lowest BCUT2D eigenvalue weighted by Gasteiger charge is -2.37. The molecule has 0 bridgehead atoms. The Kier molecular flexibility index (Phi) is 3.41. The first kappa shape index (κ1) is 14.6. The van der Waals surface area contributed by atoms with Crippen LogP contribution in [0.5, 0.6) is 0 Å². The molecule has 1 N–H and O–H groups in total. The van der Waals surface area contributed by atoms with E-state index in [9.17, 15) is 4.39 Å². The molecular formula is C19H19FN2. The molecule has 3 rings (SSSR count). The number of nitrogens with one attached hydrogen (secondary N) is 1. The van der Waals surface area contributed by atoms with Gasteiger partial charge in [-0.05, 0) is 65.8 Å². The van der Waals surface area contributed by atoms with Gasteiger partial charge in [0.05, 0.1) is 11.6 Å². The summed E-state index contributed by atoms with van der Waals surface area (Å²) in [4.78, 5) is 0. The van der Waals surface area contributed by atoms with E-state index in [0.29, 0.717) is 11.6 Å². The molecule has 1 aliphatic heterocycles. The number of rotatable bonds is 1. The second-order valence-electron chi connectivity index (χ2n) is 6.73. The molecule has 0 fully saturated rings. The first-order valence-corrected chi connectivity index (χ1v) is 7.51. The van der Waals surface area contributed by atoms with Gasteiger partial charge in [-0.15, -0.1) is 0 Å². The standard InChI is InChI=1S/C19H19FN2/c1-12-10-19(2,3)17-9-14(4-5-18(17)22-12)15-6-13(11-21)7-16(20)8-15/h4-9,12,22H,10H2,1-3H3. The predicted octanol–water partition coefficient (Wildman–Crippen LogP) is 4.85. The summed E-state index contributed by atoms with van der Waals surface area (Å²) >= 11 is 0. The van der Waals surface area contributed by atoms with Crippen LogP contribution >= 0.6 is 0 Å². The van der Waals surface area contributed by atoms with Crippen molar-refractivity contribution >= 4 is 5.69 Å². The molecule has 0 aliphatic carbocycles. The van der Waals surface area contributed by atoms with Crippen molar-refractivity contribution in [2.45, 2.75) is 38.6 Å². The Hall–Kier alpha value is -2.34. The lowest BCUT2D eigenvalue weighted by Crippen LogP contribution is -2.34. The van der Waals surface area contributed by atoms with Gasteiger partial charge in [-0.2, -0.15) is 5.26 Å². The van der Waals surface area contributed by atoms with E-state index in [4.69, 9.17) is 5.26 Å². The predicted molar refractivity (Wildman–Crippen MR) is 87.3 cm³/mol. The van der Waals surface area contributed by atoms with Crippen LogP contribution < -0.4 is 5.32 Å². The zero-order valence-corrected chi connectivity index (χ0v) is 13.1. The molecule has 1 heterocycles. The van der Waals surface area contributed by atoms with Crippen LogP contribution in [-0.2, 0) is 5.41 Å². The van der Waals surface area contributed by atoms with Crippen molar-refractivity contribution in [1.29, 1.82) is 5.26 Å². The number of hydrogen-bond acceptors (Lipinski definition) is 2. The normalized spacial score (nSPS) is 19.0. The summed E-state index contributed by atoms with van der Waals surface area (Å²) in [5, 5.41) is 12.5. The van der Waals surface area contributed by atoms with Crippen LogP contribution in [0.3, 0.4) is 0 Å². The van der Waals surface area contributed by atoms with Crippen LogP contribution in [0, 0.1) is 17.1 Å². The first-order valence-electron chi connectivity index (χ1n) is 7.51. The van der Waals surface area contributed by atoms with Crippen molar-refractivity contribution in [1.82, 2.24) is 0 Å². The minimum absolute atomic E-state index is 0.0708. The maximum absolute atomic E-state index is 13.7. The van der Waals surface area contributed by atoms with Crippen molar-refractivity contribution in [3.63, 3.8) is 0 Å². The van der Waals surface area contributed by atoms with Crippen LogP contribution in [0.25, 0.3) is 11.1 Å². The van der Waals surface area contributed by atoms with Crippen molar-refractivity contribution in [2.75, 3.05) is 5.32 Å². The van der Waals surface area contributed by atoms with Crippen molar-refractivity contribution < 1.29 is 4.39 Å². The van der Waals surface area contributed by atoms with Gasteiger partial charge in [0.15, 0.2) is 0 Å². The summed E-state index contributed by atoms with van der Waals surface area (Å²) in [6.45, 7) is 6.66. The van der Waals surface area contributed by atoms with Gasteiger partial charge in [-0.3, -0.25) is 0 Å². The SMILES string of the molecule is CC1CC(C)(C)c2cc(-c3cc(F)cc(C#N)c3)ccc2N1.